The Kier molecular flexibility index (Phi) is 6.74. The number of benzene rings is 1. The Bertz CT molecular complexity index is 724. The van der Waals surface area contributed by atoms with E-state index in [1.807, 2.05) is 37.6 Å². The van der Waals surface area contributed by atoms with Crippen LogP contribution in [0.3, 0.4) is 0 Å². The average molecular weight is 342 g/mol. The highest BCUT2D eigenvalue weighted by molar-refractivity contribution is 6.04. The molecule has 2 aromatic rings. The van der Waals surface area contributed by atoms with Crippen LogP contribution in [0, 0.1) is 5.92 Å². The second-order valence-corrected chi connectivity index (χ2v) is 5.99. The highest BCUT2D eigenvalue weighted by Crippen LogP contribution is 2.16. The molecule has 1 aromatic carbocycles. The zero-order valence-electron chi connectivity index (χ0n) is 15.1. The molecule has 1 aromatic heterocycles. The molecule has 0 aliphatic carbocycles. The summed E-state index contributed by atoms with van der Waals surface area (Å²) in [7, 11) is 0. The molecule has 0 unspecified atom stereocenters. The van der Waals surface area contributed by atoms with Crippen molar-refractivity contribution < 1.29 is 9.59 Å². The van der Waals surface area contributed by atoms with E-state index in [0.717, 1.165) is 18.7 Å². The van der Waals surface area contributed by atoms with Gasteiger partial charge in [0, 0.05) is 37.8 Å². The van der Waals surface area contributed by atoms with Crippen molar-refractivity contribution in [1.82, 2.24) is 14.9 Å². The van der Waals surface area contributed by atoms with Gasteiger partial charge in [-0.3, -0.25) is 9.59 Å². The minimum absolute atomic E-state index is 0.0752. The van der Waals surface area contributed by atoms with Crippen LogP contribution in [0.1, 0.15) is 43.4 Å². The van der Waals surface area contributed by atoms with E-state index in [4.69, 9.17) is 0 Å². The van der Waals surface area contributed by atoms with Crippen molar-refractivity contribution in [3.8, 4) is 0 Å². The van der Waals surface area contributed by atoms with Gasteiger partial charge in [0.15, 0.2) is 0 Å². The van der Waals surface area contributed by atoms with Crippen LogP contribution in [-0.4, -0.2) is 27.9 Å². The minimum Gasteiger partial charge on any atom is -0.350 e. The highest BCUT2D eigenvalue weighted by Gasteiger charge is 2.15. The number of hydrogen-bond donors (Lipinski definition) is 2. The van der Waals surface area contributed by atoms with Gasteiger partial charge in [0.1, 0.15) is 5.82 Å². The number of aromatic nitrogens is 2. The molecule has 134 valence electrons. The molecule has 0 spiro atoms. The molecule has 0 saturated carbocycles. The largest absolute Gasteiger partial charge is 0.350 e. The number of para-hydroxylation sites is 1. The number of hydrogen-bond acceptors (Lipinski definition) is 3. The zero-order valence-corrected chi connectivity index (χ0v) is 15.1. The van der Waals surface area contributed by atoms with Crippen LogP contribution in [0.5, 0.6) is 0 Å². The van der Waals surface area contributed by atoms with Crippen molar-refractivity contribution in [2.75, 3.05) is 11.9 Å². The Morgan fingerprint density at radius 2 is 2.00 bits per heavy atom. The topological polar surface area (TPSA) is 76.0 Å². The van der Waals surface area contributed by atoms with Gasteiger partial charge in [-0.2, -0.15) is 0 Å². The quantitative estimate of drug-likeness (QED) is 0.774. The molecule has 0 aliphatic rings. The monoisotopic (exact) mass is 342 g/mol. The zero-order chi connectivity index (χ0) is 18.2. The third-order valence-corrected chi connectivity index (χ3v) is 4.25. The molecule has 0 bridgehead atoms. The molecule has 0 fully saturated rings. The predicted molar refractivity (Wildman–Crippen MR) is 98.5 cm³/mol. The summed E-state index contributed by atoms with van der Waals surface area (Å²) < 4.78 is 2.02. The van der Waals surface area contributed by atoms with Gasteiger partial charge < -0.3 is 15.2 Å². The van der Waals surface area contributed by atoms with Gasteiger partial charge in [-0.1, -0.05) is 32.9 Å². The van der Waals surface area contributed by atoms with Crippen LogP contribution >= 0.6 is 0 Å². The summed E-state index contributed by atoms with van der Waals surface area (Å²) in [6.45, 7) is 7.04. The first-order chi connectivity index (χ1) is 12.1. The molecule has 25 heavy (non-hydrogen) atoms. The maximum absolute atomic E-state index is 12.5. The minimum atomic E-state index is -0.196. The fourth-order valence-corrected chi connectivity index (χ4v) is 2.47. The first-order valence-corrected chi connectivity index (χ1v) is 8.74. The number of imidazole rings is 1. The summed E-state index contributed by atoms with van der Waals surface area (Å²) in [4.78, 5) is 28.9. The molecule has 0 radical (unpaired) electrons. The first kappa shape index (κ1) is 18.7. The van der Waals surface area contributed by atoms with Crippen LogP contribution in [0.4, 0.5) is 5.69 Å². The van der Waals surface area contributed by atoms with Gasteiger partial charge in [0.05, 0.1) is 11.3 Å². The van der Waals surface area contributed by atoms with E-state index >= 15 is 0 Å². The smallest absolute Gasteiger partial charge is 0.253 e. The predicted octanol–water partition coefficient (Wildman–Crippen LogP) is 2.86. The summed E-state index contributed by atoms with van der Waals surface area (Å²) in [6.07, 6.45) is 5.28. The summed E-state index contributed by atoms with van der Waals surface area (Å²) in [5.74, 6) is 0.632. The van der Waals surface area contributed by atoms with Gasteiger partial charge in [-0.05, 0) is 18.6 Å². The van der Waals surface area contributed by atoms with Crippen molar-refractivity contribution >= 4 is 17.5 Å². The van der Waals surface area contributed by atoms with Gasteiger partial charge in [0.2, 0.25) is 5.91 Å². The molecule has 6 heteroatoms. The van der Waals surface area contributed by atoms with Crippen molar-refractivity contribution in [2.24, 2.45) is 5.92 Å². The van der Waals surface area contributed by atoms with Gasteiger partial charge in [0.25, 0.3) is 5.91 Å². The molecule has 1 atom stereocenters. The van der Waals surface area contributed by atoms with Crippen LogP contribution < -0.4 is 10.6 Å². The number of nitrogens with one attached hydrogen (secondary N) is 2. The fraction of sp³-hybridized carbons (Fsp3) is 0.421. The second kappa shape index (κ2) is 9.01. The Morgan fingerprint density at radius 1 is 1.24 bits per heavy atom. The normalized spacial score (nSPS) is 11.8. The van der Waals surface area contributed by atoms with Crippen molar-refractivity contribution in [3.05, 3.63) is 48.0 Å². The van der Waals surface area contributed by atoms with E-state index < -0.39 is 0 Å². The van der Waals surface area contributed by atoms with E-state index in [9.17, 15) is 9.59 Å². The third kappa shape index (κ3) is 4.92. The molecule has 2 rings (SSSR count). The number of nitrogens with zero attached hydrogens (tertiary/aromatic N) is 2. The number of amides is 2. The van der Waals surface area contributed by atoms with E-state index in [1.54, 1.807) is 24.4 Å². The number of carbonyl (C=O) groups excluding carboxylic acids is 2. The van der Waals surface area contributed by atoms with Gasteiger partial charge in [-0.25, -0.2) is 4.98 Å². The van der Waals surface area contributed by atoms with Crippen LogP contribution in [0.2, 0.25) is 0 Å². The van der Waals surface area contributed by atoms with Crippen LogP contribution in [0.25, 0.3) is 0 Å². The highest BCUT2D eigenvalue weighted by atomic mass is 16.2. The standard InChI is InChI=1S/C19H26N4O2/c1-4-14(3)18(24)22-16-9-7-6-8-15(16)19(25)21-11-13-23-12-10-20-17(23)5-2/h6-10,12,14H,4-5,11,13H2,1-3H3,(H,21,25)(H,22,24)/t14-/m0/s1. The molecule has 0 saturated heterocycles. The fourth-order valence-electron chi connectivity index (χ4n) is 2.47. The Balaban J connectivity index is 1.98. The Morgan fingerprint density at radius 3 is 2.72 bits per heavy atom. The number of carbonyl (C=O) groups is 2. The van der Waals surface area contributed by atoms with E-state index in [-0.39, 0.29) is 17.7 Å². The molecule has 2 N–H and O–H groups in total. The lowest BCUT2D eigenvalue weighted by Crippen LogP contribution is -2.29. The first-order valence-electron chi connectivity index (χ1n) is 8.74. The molecular weight excluding hydrogens is 316 g/mol. The van der Waals surface area contributed by atoms with Gasteiger partial charge in [-0.15, -0.1) is 0 Å². The SMILES string of the molecule is CCc1nccn1CCNC(=O)c1ccccc1NC(=O)[C@@H](C)CC. The number of anilines is 1. The Labute approximate surface area is 148 Å². The molecule has 6 nitrogen and oxygen atoms in total. The molecule has 0 aliphatic heterocycles. The van der Waals surface area contributed by atoms with E-state index in [0.29, 0.717) is 24.3 Å². The molecule has 1 heterocycles. The number of aryl methyl sites for hydroxylation is 1. The van der Waals surface area contributed by atoms with Crippen molar-refractivity contribution in [1.29, 1.82) is 0 Å². The van der Waals surface area contributed by atoms with Crippen molar-refractivity contribution in [2.45, 2.75) is 40.2 Å². The lowest BCUT2D eigenvalue weighted by molar-refractivity contribution is -0.119. The lowest BCUT2D eigenvalue weighted by atomic mass is 10.1. The van der Waals surface area contributed by atoms with Crippen LogP contribution in [-0.2, 0) is 17.8 Å². The third-order valence-electron chi connectivity index (χ3n) is 4.25. The summed E-state index contributed by atoms with van der Waals surface area (Å²) in [6, 6.07) is 7.07. The van der Waals surface area contributed by atoms with Crippen molar-refractivity contribution in [3.63, 3.8) is 0 Å². The second-order valence-electron chi connectivity index (χ2n) is 5.99. The molecular formula is C19H26N4O2. The van der Waals surface area contributed by atoms with Crippen LogP contribution in [0.15, 0.2) is 36.7 Å². The summed E-state index contributed by atoms with van der Waals surface area (Å²) in [5, 5.41) is 5.76. The van der Waals surface area contributed by atoms with E-state index in [1.165, 1.54) is 0 Å². The lowest BCUT2D eigenvalue weighted by Gasteiger charge is -2.14. The maximum Gasteiger partial charge on any atom is 0.253 e. The summed E-state index contributed by atoms with van der Waals surface area (Å²) >= 11 is 0. The van der Waals surface area contributed by atoms with E-state index in [2.05, 4.69) is 15.6 Å². The Hall–Kier alpha value is -2.63. The average Bonchev–Trinajstić information content (AvgIpc) is 3.08. The van der Waals surface area contributed by atoms with Gasteiger partial charge >= 0.3 is 0 Å². The summed E-state index contributed by atoms with van der Waals surface area (Å²) in [5.41, 5.74) is 1.02. The maximum atomic E-state index is 12.5. The number of rotatable bonds is 8. The molecule has 2 amide bonds.